The third kappa shape index (κ3) is 2.81. The van der Waals surface area contributed by atoms with Crippen molar-refractivity contribution >= 4 is 5.91 Å². The van der Waals surface area contributed by atoms with Gasteiger partial charge in [-0.3, -0.25) is 9.78 Å². The summed E-state index contributed by atoms with van der Waals surface area (Å²) in [5.74, 6) is 1.81. The maximum atomic E-state index is 12.0. The van der Waals surface area contributed by atoms with E-state index in [9.17, 15) is 4.79 Å². The lowest BCUT2D eigenvalue weighted by Gasteiger charge is -2.17. The molecule has 1 aromatic heterocycles. The second kappa shape index (κ2) is 4.96. The van der Waals surface area contributed by atoms with E-state index in [4.69, 9.17) is 4.74 Å². The monoisotopic (exact) mass is 246 g/mol. The molecule has 4 nitrogen and oxygen atoms in total. The Morgan fingerprint density at radius 1 is 1.33 bits per heavy atom. The van der Waals surface area contributed by atoms with Crippen molar-refractivity contribution in [3.05, 3.63) is 24.5 Å². The molecule has 1 saturated heterocycles. The van der Waals surface area contributed by atoms with E-state index in [0.29, 0.717) is 11.8 Å². The number of likely N-dealkylation sites (tertiary alicyclic amines) is 1. The minimum atomic E-state index is 0.135. The molecule has 3 rings (SSSR count). The fourth-order valence-corrected chi connectivity index (χ4v) is 2.36. The summed E-state index contributed by atoms with van der Waals surface area (Å²) in [5, 5.41) is 0. The van der Waals surface area contributed by atoms with Crippen molar-refractivity contribution in [1.82, 2.24) is 9.88 Å². The molecule has 18 heavy (non-hydrogen) atoms. The number of pyridine rings is 1. The van der Waals surface area contributed by atoms with Gasteiger partial charge in [0.2, 0.25) is 5.91 Å². The topological polar surface area (TPSA) is 42.4 Å². The summed E-state index contributed by atoms with van der Waals surface area (Å²) in [5.41, 5.74) is 0. The van der Waals surface area contributed by atoms with Crippen molar-refractivity contribution in [1.29, 1.82) is 0 Å². The average molecular weight is 246 g/mol. The van der Waals surface area contributed by atoms with Gasteiger partial charge in [0.15, 0.2) is 0 Å². The zero-order valence-corrected chi connectivity index (χ0v) is 10.4. The number of carbonyl (C=O) groups is 1. The third-order valence-corrected chi connectivity index (χ3v) is 3.61. The summed E-state index contributed by atoms with van der Waals surface area (Å²) in [6.07, 6.45) is 7.71. The van der Waals surface area contributed by atoms with Gasteiger partial charge in [-0.15, -0.1) is 0 Å². The van der Waals surface area contributed by atoms with Crippen molar-refractivity contribution < 1.29 is 9.53 Å². The summed E-state index contributed by atoms with van der Waals surface area (Å²) in [7, 11) is 0. The Morgan fingerprint density at radius 3 is 2.83 bits per heavy atom. The molecule has 0 N–H and O–H groups in total. The van der Waals surface area contributed by atoms with Crippen LogP contribution in [-0.2, 0) is 4.79 Å². The SMILES string of the molecule is O=C(CC1CC1)N1CC[C@H](Oc2ccncc2)C1. The van der Waals surface area contributed by atoms with Crippen LogP contribution in [0.5, 0.6) is 5.75 Å². The highest BCUT2D eigenvalue weighted by Crippen LogP contribution is 2.33. The number of nitrogens with zero attached hydrogens (tertiary/aromatic N) is 2. The van der Waals surface area contributed by atoms with E-state index in [2.05, 4.69) is 4.98 Å². The molecule has 0 bridgehead atoms. The van der Waals surface area contributed by atoms with Gasteiger partial charge in [0, 0.05) is 31.8 Å². The molecule has 0 radical (unpaired) electrons. The van der Waals surface area contributed by atoms with E-state index in [1.165, 1.54) is 12.8 Å². The molecule has 2 fully saturated rings. The molecule has 1 amide bonds. The molecule has 4 heteroatoms. The number of rotatable bonds is 4. The molecular weight excluding hydrogens is 228 g/mol. The first kappa shape index (κ1) is 11.5. The third-order valence-electron chi connectivity index (χ3n) is 3.61. The first-order valence-corrected chi connectivity index (χ1v) is 6.66. The van der Waals surface area contributed by atoms with Crippen LogP contribution in [0, 0.1) is 5.92 Å². The van der Waals surface area contributed by atoms with E-state index in [-0.39, 0.29) is 6.10 Å². The van der Waals surface area contributed by atoms with Gasteiger partial charge in [-0.2, -0.15) is 0 Å². The van der Waals surface area contributed by atoms with Crippen LogP contribution < -0.4 is 4.74 Å². The first-order valence-electron chi connectivity index (χ1n) is 6.66. The predicted molar refractivity (Wildman–Crippen MR) is 67.2 cm³/mol. The molecule has 1 saturated carbocycles. The molecule has 1 aliphatic carbocycles. The zero-order valence-electron chi connectivity index (χ0n) is 10.4. The van der Waals surface area contributed by atoms with Gasteiger partial charge < -0.3 is 9.64 Å². The predicted octanol–water partition coefficient (Wildman–Crippen LogP) is 1.86. The Morgan fingerprint density at radius 2 is 2.11 bits per heavy atom. The molecule has 0 unspecified atom stereocenters. The maximum absolute atomic E-state index is 12.0. The van der Waals surface area contributed by atoms with E-state index < -0.39 is 0 Å². The molecule has 0 spiro atoms. The van der Waals surface area contributed by atoms with Crippen LogP contribution in [-0.4, -0.2) is 35.0 Å². The number of carbonyl (C=O) groups excluding carboxylic acids is 1. The van der Waals surface area contributed by atoms with Crippen LogP contribution in [0.2, 0.25) is 0 Å². The summed E-state index contributed by atoms with van der Waals surface area (Å²) in [6.45, 7) is 1.56. The second-order valence-corrected chi connectivity index (χ2v) is 5.20. The van der Waals surface area contributed by atoms with Crippen molar-refractivity contribution in [2.75, 3.05) is 13.1 Å². The van der Waals surface area contributed by atoms with Gasteiger partial charge in [0.25, 0.3) is 0 Å². The summed E-state index contributed by atoms with van der Waals surface area (Å²) in [4.78, 5) is 17.9. The average Bonchev–Trinajstić information content (AvgIpc) is 3.07. The lowest BCUT2D eigenvalue weighted by molar-refractivity contribution is -0.130. The van der Waals surface area contributed by atoms with Crippen LogP contribution in [0.15, 0.2) is 24.5 Å². The summed E-state index contributed by atoms with van der Waals surface area (Å²) >= 11 is 0. The minimum Gasteiger partial charge on any atom is -0.488 e. The minimum absolute atomic E-state index is 0.135. The first-order chi connectivity index (χ1) is 8.81. The number of ether oxygens (including phenoxy) is 1. The van der Waals surface area contributed by atoms with Crippen LogP contribution in [0.3, 0.4) is 0 Å². The van der Waals surface area contributed by atoms with Gasteiger partial charge in [0.1, 0.15) is 11.9 Å². The molecule has 1 aromatic rings. The van der Waals surface area contributed by atoms with Gasteiger partial charge >= 0.3 is 0 Å². The van der Waals surface area contributed by atoms with Gasteiger partial charge in [-0.05, 0) is 30.9 Å². The molecule has 2 aliphatic rings. The Balaban J connectivity index is 1.50. The standard InChI is InChI=1S/C14H18N2O2/c17-14(9-11-1-2-11)16-8-5-13(10-16)18-12-3-6-15-7-4-12/h3-4,6-7,11,13H,1-2,5,8-10H2/t13-/m0/s1. The number of hydrogen-bond acceptors (Lipinski definition) is 3. The zero-order chi connectivity index (χ0) is 12.4. The van der Waals surface area contributed by atoms with Gasteiger partial charge in [-0.25, -0.2) is 0 Å². The fourth-order valence-electron chi connectivity index (χ4n) is 2.36. The Hall–Kier alpha value is -1.58. The lowest BCUT2D eigenvalue weighted by Crippen LogP contribution is -2.31. The Labute approximate surface area is 107 Å². The van der Waals surface area contributed by atoms with E-state index in [0.717, 1.165) is 31.7 Å². The van der Waals surface area contributed by atoms with Crippen molar-refractivity contribution in [3.63, 3.8) is 0 Å². The fraction of sp³-hybridized carbons (Fsp3) is 0.571. The summed E-state index contributed by atoms with van der Waals surface area (Å²) < 4.78 is 5.84. The smallest absolute Gasteiger partial charge is 0.222 e. The molecule has 0 aromatic carbocycles. The largest absolute Gasteiger partial charge is 0.488 e. The van der Waals surface area contributed by atoms with Crippen molar-refractivity contribution in [2.45, 2.75) is 31.8 Å². The Bertz CT molecular complexity index is 417. The summed E-state index contributed by atoms with van der Waals surface area (Å²) in [6, 6.07) is 3.71. The van der Waals surface area contributed by atoms with Crippen LogP contribution >= 0.6 is 0 Å². The molecular formula is C14H18N2O2. The lowest BCUT2D eigenvalue weighted by atomic mass is 10.2. The van der Waals surface area contributed by atoms with Crippen LogP contribution in [0.4, 0.5) is 0 Å². The van der Waals surface area contributed by atoms with Crippen LogP contribution in [0.25, 0.3) is 0 Å². The second-order valence-electron chi connectivity index (χ2n) is 5.20. The van der Waals surface area contributed by atoms with Crippen molar-refractivity contribution in [2.24, 2.45) is 5.92 Å². The van der Waals surface area contributed by atoms with Crippen LogP contribution in [0.1, 0.15) is 25.7 Å². The van der Waals surface area contributed by atoms with E-state index in [1.54, 1.807) is 12.4 Å². The highest BCUT2D eigenvalue weighted by Gasteiger charge is 2.31. The number of hydrogen-bond donors (Lipinski definition) is 0. The molecule has 96 valence electrons. The van der Waals surface area contributed by atoms with Gasteiger partial charge in [0.05, 0.1) is 6.54 Å². The molecule has 2 heterocycles. The van der Waals surface area contributed by atoms with Gasteiger partial charge in [-0.1, -0.05) is 0 Å². The molecule has 1 atom stereocenters. The number of amides is 1. The quantitative estimate of drug-likeness (QED) is 0.814. The van der Waals surface area contributed by atoms with E-state index >= 15 is 0 Å². The number of aromatic nitrogens is 1. The highest BCUT2D eigenvalue weighted by atomic mass is 16.5. The van der Waals surface area contributed by atoms with E-state index in [1.807, 2.05) is 17.0 Å². The highest BCUT2D eigenvalue weighted by molar-refractivity contribution is 5.77. The van der Waals surface area contributed by atoms with Crippen molar-refractivity contribution in [3.8, 4) is 5.75 Å². The molecule has 1 aliphatic heterocycles. The normalized spacial score (nSPS) is 23.1. The Kier molecular flexibility index (Phi) is 3.17. The maximum Gasteiger partial charge on any atom is 0.222 e.